The Labute approximate surface area is 76.6 Å². The first-order valence-electron chi connectivity index (χ1n) is 7.72. The standard InChI is InChI=1S/C8H16O2/c1-9-7-3-5-8(10-2)6-4-7/h7-8H,3-6H2,1-2H3/i3D2,4D2,5D2,6D2,7D,8D. The summed E-state index contributed by atoms with van der Waals surface area (Å²) in [5.41, 5.74) is 0. The summed E-state index contributed by atoms with van der Waals surface area (Å²) in [5.74, 6) is 0. The number of hydrogen-bond acceptors (Lipinski definition) is 2. The third-order valence-electron chi connectivity index (χ3n) is 0.987. The highest BCUT2D eigenvalue weighted by Crippen LogP contribution is 2.21. The van der Waals surface area contributed by atoms with Gasteiger partial charge in [-0.1, -0.05) is 0 Å². The Kier molecular flexibility index (Phi) is 0.783. The van der Waals surface area contributed by atoms with Gasteiger partial charge < -0.3 is 9.47 Å². The average Bonchev–Trinajstić information content (AvgIpc) is 2.33. The van der Waals surface area contributed by atoms with Crippen molar-refractivity contribution in [2.45, 2.75) is 37.7 Å². The van der Waals surface area contributed by atoms with Crippen LogP contribution in [0, 0.1) is 0 Å². The van der Waals surface area contributed by atoms with Gasteiger partial charge in [-0.05, 0) is 25.5 Å². The van der Waals surface area contributed by atoms with E-state index in [2.05, 4.69) is 9.47 Å². The van der Waals surface area contributed by atoms with Gasteiger partial charge in [0, 0.05) is 25.2 Å². The molecule has 0 aromatic rings. The zero-order chi connectivity index (χ0) is 16.4. The number of rotatable bonds is 2. The molecule has 60 valence electrons. The minimum Gasteiger partial charge on any atom is -0.381 e. The van der Waals surface area contributed by atoms with Crippen LogP contribution in [0.25, 0.3) is 0 Å². The highest BCUT2D eigenvalue weighted by molar-refractivity contribution is 4.71. The fourth-order valence-corrected chi connectivity index (χ4v) is 0.494. The molecule has 2 nitrogen and oxygen atoms in total. The van der Waals surface area contributed by atoms with Crippen LogP contribution in [0.3, 0.4) is 0 Å². The third kappa shape index (κ3) is 1.96. The maximum absolute atomic E-state index is 7.85. The third-order valence-corrected chi connectivity index (χ3v) is 0.987. The molecular weight excluding hydrogens is 128 g/mol. The van der Waals surface area contributed by atoms with Crippen molar-refractivity contribution in [1.82, 2.24) is 0 Å². The summed E-state index contributed by atoms with van der Waals surface area (Å²) in [6, 6.07) is 0. The second-order valence-corrected chi connectivity index (χ2v) is 1.57. The van der Waals surface area contributed by atoms with Crippen LogP contribution in [0.15, 0.2) is 0 Å². The van der Waals surface area contributed by atoms with Crippen LogP contribution in [0.2, 0.25) is 0 Å². The zero-order valence-electron chi connectivity index (χ0n) is 15.8. The molecule has 10 heavy (non-hydrogen) atoms. The molecule has 1 saturated carbocycles. The van der Waals surface area contributed by atoms with Crippen molar-refractivity contribution in [3.05, 3.63) is 0 Å². The predicted octanol–water partition coefficient (Wildman–Crippen LogP) is 1.59. The van der Waals surface area contributed by atoms with E-state index >= 15 is 0 Å². The van der Waals surface area contributed by atoms with E-state index in [0.29, 0.717) is 0 Å². The van der Waals surface area contributed by atoms with Gasteiger partial charge >= 0.3 is 0 Å². The SMILES string of the molecule is [2H]C1([2H])C([2H])([2H])C([2H])(OC)C([2H])([2H])C([2H])([2H])C1([2H])OC. The van der Waals surface area contributed by atoms with Crippen LogP contribution in [-0.4, -0.2) is 26.4 Å². The molecule has 1 fully saturated rings. The maximum atomic E-state index is 7.85. The monoisotopic (exact) mass is 154 g/mol. The summed E-state index contributed by atoms with van der Waals surface area (Å²) < 4.78 is 86.7. The Morgan fingerprint density at radius 3 is 1.60 bits per heavy atom. The van der Waals surface area contributed by atoms with Crippen molar-refractivity contribution in [3.8, 4) is 0 Å². The molecule has 0 spiro atoms. The molecule has 1 aliphatic carbocycles. The topological polar surface area (TPSA) is 18.5 Å². The molecule has 2 heteroatoms. The van der Waals surface area contributed by atoms with E-state index in [9.17, 15) is 0 Å². The number of methoxy groups -OCH3 is 2. The second kappa shape index (κ2) is 3.94. The lowest BCUT2D eigenvalue weighted by Gasteiger charge is -2.26. The fourth-order valence-electron chi connectivity index (χ4n) is 0.494. The van der Waals surface area contributed by atoms with Gasteiger partial charge in [0.15, 0.2) is 0 Å². The minimum atomic E-state index is -3.35. The lowest BCUT2D eigenvalue weighted by Crippen LogP contribution is -2.24. The van der Waals surface area contributed by atoms with Gasteiger partial charge in [0.25, 0.3) is 0 Å². The van der Waals surface area contributed by atoms with E-state index in [4.69, 9.17) is 13.7 Å². The molecule has 1 aliphatic rings. The van der Waals surface area contributed by atoms with E-state index in [-0.39, 0.29) is 0 Å². The molecule has 0 amide bonds. The van der Waals surface area contributed by atoms with E-state index in [1.807, 2.05) is 0 Å². The maximum Gasteiger partial charge on any atom is 0.0603 e. The molecule has 0 bridgehead atoms. The van der Waals surface area contributed by atoms with Crippen LogP contribution >= 0.6 is 0 Å². The quantitative estimate of drug-likeness (QED) is 0.601. The molecule has 0 heterocycles. The molecule has 0 aromatic carbocycles. The smallest absolute Gasteiger partial charge is 0.0603 e. The summed E-state index contributed by atoms with van der Waals surface area (Å²) in [5, 5.41) is 0. The summed E-state index contributed by atoms with van der Waals surface area (Å²) >= 11 is 0. The van der Waals surface area contributed by atoms with Gasteiger partial charge in [-0.3, -0.25) is 0 Å². The first kappa shape index (κ1) is 1.99. The molecule has 0 N–H and O–H groups in total. The van der Waals surface area contributed by atoms with Crippen LogP contribution in [-0.2, 0) is 9.47 Å². The van der Waals surface area contributed by atoms with Crippen molar-refractivity contribution in [2.24, 2.45) is 0 Å². The average molecular weight is 154 g/mol. The van der Waals surface area contributed by atoms with Gasteiger partial charge in [0.05, 0.1) is 14.9 Å². The second-order valence-electron chi connectivity index (χ2n) is 1.57. The Morgan fingerprint density at radius 2 is 1.40 bits per heavy atom. The largest absolute Gasteiger partial charge is 0.381 e. The van der Waals surface area contributed by atoms with Crippen LogP contribution in [0.4, 0.5) is 0 Å². The lowest BCUT2D eigenvalue weighted by molar-refractivity contribution is 0.00454. The highest BCUT2D eigenvalue weighted by atomic mass is 16.5. The van der Waals surface area contributed by atoms with Crippen LogP contribution in [0.1, 0.15) is 39.2 Å². The summed E-state index contributed by atoms with van der Waals surface area (Å²) in [6.07, 6.45) is -19.8. The zero-order valence-corrected chi connectivity index (χ0v) is 5.82. The van der Waals surface area contributed by atoms with Gasteiger partial charge in [-0.15, -0.1) is 0 Å². The van der Waals surface area contributed by atoms with Gasteiger partial charge in [-0.2, -0.15) is 0 Å². The van der Waals surface area contributed by atoms with E-state index in [0.717, 1.165) is 14.2 Å². The molecular formula is C8H16O2. The molecule has 0 atom stereocenters. The normalized spacial score (nSPS) is 83.8. The Bertz CT molecular complexity index is 340. The van der Waals surface area contributed by atoms with Crippen molar-refractivity contribution in [2.75, 3.05) is 14.2 Å². The van der Waals surface area contributed by atoms with Crippen molar-refractivity contribution in [1.29, 1.82) is 0 Å². The summed E-state index contributed by atoms with van der Waals surface area (Å²) in [4.78, 5) is 0. The lowest BCUT2D eigenvalue weighted by atomic mass is 9.95. The first-order valence-corrected chi connectivity index (χ1v) is 2.72. The van der Waals surface area contributed by atoms with Gasteiger partial charge in [-0.25, -0.2) is 0 Å². The van der Waals surface area contributed by atoms with Gasteiger partial charge in [0.2, 0.25) is 0 Å². The minimum absolute atomic E-state index is 0.790. The van der Waals surface area contributed by atoms with Crippen molar-refractivity contribution < 1.29 is 23.2 Å². The van der Waals surface area contributed by atoms with Crippen LogP contribution < -0.4 is 0 Å². The Balaban J connectivity index is 3.81. The van der Waals surface area contributed by atoms with Gasteiger partial charge in [0.1, 0.15) is 0 Å². The molecule has 0 aromatic heterocycles. The first-order chi connectivity index (χ1) is 8.62. The number of ether oxygens (including phenoxy) is 2. The highest BCUT2D eigenvalue weighted by Gasteiger charge is 2.19. The van der Waals surface area contributed by atoms with Crippen molar-refractivity contribution >= 4 is 0 Å². The molecule has 1 rings (SSSR count). The number of hydrogen-bond donors (Lipinski definition) is 0. The van der Waals surface area contributed by atoms with E-state index < -0.39 is 37.7 Å². The molecule has 0 unspecified atom stereocenters. The van der Waals surface area contributed by atoms with E-state index in [1.165, 1.54) is 0 Å². The van der Waals surface area contributed by atoms with Crippen LogP contribution in [0.5, 0.6) is 0 Å². The summed E-state index contributed by atoms with van der Waals surface area (Å²) in [7, 11) is 1.58. The Hall–Kier alpha value is -0.0800. The Morgan fingerprint density at radius 1 is 1.10 bits per heavy atom. The summed E-state index contributed by atoms with van der Waals surface area (Å²) in [6.45, 7) is 0. The molecule has 0 aliphatic heterocycles. The fraction of sp³-hybridized carbons (Fsp3) is 1.00. The molecule has 0 saturated heterocycles. The van der Waals surface area contributed by atoms with Crippen molar-refractivity contribution in [3.63, 3.8) is 0 Å². The predicted molar refractivity (Wildman–Crippen MR) is 40.1 cm³/mol. The molecule has 0 radical (unpaired) electrons. The van der Waals surface area contributed by atoms with E-state index in [1.54, 1.807) is 0 Å².